The molecule has 0 radical (unpaired) electrons. The third-order valence-corrected chi connectivity index (χ3v) is 4.70. The second-order valence-electron chi connectivity index (χ2n) is 6.07. The van der Waals surface area contributed by atoms with Crippen molar-refractivity contribution in [2.45, 2.75) is 58.9 Å². The summed E-state index contributed by atoms with van der Waals surface area (Å²) >= 11 is 1.26. The van der Waals surface area contributed by atoms with Crippen molar-refractivity contribution in [3.05, 3.63) is 11.1 Å². The number of carbonyl (C=O) groups is 3. The summed E-state index contributed by atoms with van der Waals surface area (Å²) in [6, 6.07) is 0. The molecule has 24 heavy (non-hydrogen) atoms. The highest BCUT2D eigenvalue weighted by atomic mass is 32.1. The summed E-state index contributed by atoms with van der Waals surface area (Å²) in [6.45, 7) is 7.29. The molecule has 0 spiro atoms. The molecule has 1 rings (SSSR count). The van der Waals surface area contributed by atoms with E-state index in [0.29, 0.717) is 23.7 Å². The predicted molar refractivity (Wildman–Crippen MR) is 93.0 cm³/mol. The number of aliphatic carboxylic acids is 1. The van der Waals surface area contributed by atoms with Gasteiger partial charge in [0.1, 0.15) is 0 Å². The van der Waals surface area contributed by atoms with Crippen LogP contribution in [0.5, 0.6) is 0 Å². The molecular weight excluding hydrogens is 330 g/mol. The number of amides is 2. The molecule has 0 unspecified atom stereocenters. The molecule has 3 N–H and O–H groups in total. The average Bonchev–Trinajstić information content (AvgIpc) is 2.92. The van der Waals surface area contributed by atoms with Crippen LogP contribution >= 0.6 is 11.3 Å². The number of aromatic nitrogens is 1. The first-order valence-electron chi connectivity index (χ1n) is 7.99. The number of carboxylic acids is 1. The van der Waals surface area contributed by atoms with Gasteiger partial charge in [0.25, 0.3) is 0 Å². The zero-order valence-electron chi connectivity index (χ0n) is 14.5. The number of hydrogen-bond acceptors (Lipinski definition) is 5. The minimum absolute atomic E-state index is 0.0510. The molecule has 1 aromatic heterocycles. The lowest BCUT2D eigenvalue weighted by atomic mass is 9.88. The van der Waals surface area contributed by atoms with Crippen molar-refractivity contribution in [1.82, 2.24) is 10.3 Å². The van der Waals surface area contributed by atoms with Crippen LogP contribution in [0.25, 0.3) is 0 Å². The molecule has 0 aliphatic heterocycles. The smallest absolute Gasteiger partial charge is 0.305 e. The van der Waals surface area contributed by atoms with E-state index in [-0.39, 0.29) is 30.6 Å². The SMILES string of the molecule is CCC(CC)(CC(=O)O)NC(=O)Cc1csc(NC(=O)C(C)C)n1. The lowest BCUT2D eigenvalue weighted by Gasteiger charge is -2.31. The minimum Gasteiger partial charge on any atom is -0.481 e. The zero-order valence-corrected chi connectivity index (χ0v) is 15.3. The normalized spacial score (nSPS) is 11.4. The van der Waals surface area contributed by atoms with E-state index in [1.54, 1.807) is 19.2 Å². The summed E-state index contributed by atoms with van der Waals surface area (Å²) in [5.41, 5.74) is -0.193. The van der Waals surface area contributed by atoms with Gasteiger partial charge in [-0.15, -0.1) is 11.3 Å². The summed E-state index contributed by atoms with van der Waals surface area (Å²) in [6.07, 6.45) is 1.01. The maximum atomic E-state index is 12.2. The molecule has 0 fully saturated rings. The molecule has 0 saturated carbocycles. The highest BCUT2D eigenvalue weighted by molar-refractivity contribution is 7.13. The van der Waals surface area contributed by atoms with Crippen LogP contribution in [0.15, 0.2) is 5.38 Å². The molecule has 0 aliphatic rings. The number of anilines is 1. The molecule has 1 aromatic rings. The fourth-order valence-electron chi connectivity index (χ4n) is 2.21. The summed E-state index contributed by atoms with van der Waals surface area (Å²) in [4.78, 5) is 39.1. The monoisotopic (exact) mass is 355 g/mol. The molecule has 134 valence electrons. The van der Waals surface area contributed by atoms with E-state index in [0.717, 1.165) is 0 Å². The van der Waals surface area contributed by atoms with Gasteiger partial charge in [0.15, 0.2) is 5.13 Å². The van der Waals surface area contributed by atoms with Crippen LogP contribution in [-0.4, -0.2) is 33.4 Å². The quantitative estimate of drug-likeness (QED) is 0.630. The number of nitrogens with zero attached hydrogens (tertiary/aromatic N) is 1. The van der Waals surface area contributed by atoms with Gasteiger partial charge in [-0.05, 0) is 12.8 Å². The van der Waals surface area contributed by atoms with Crippen molar-refractivity contribution in [2.24, 2.45) is 5.92 Å². The highest BCUT2D eigenvalue weighted by Crippen LogP contribution is 2.21. The van der Waals surface area contributed by atoms with Crippen LogP contribution in [0.1, 0.15) is 52.7 Å². The fraction of sp³-hybridized carbons (Fsp3) is 0.625. The summed E-state index contributed by atoms with van der Waals surface area (Å²) in [5.74, 6) is -1.48. The van der Waals surface area contributed by atoms with E-state index in [1.165, 1.54) is 11.3 Å². The van der Waals surface area contributed by atoms with Gasteiger partial charge in [-0.3, -0.25) is 14.4 Å². The maximum Gasteiger partial charge on any atom is 0.305 e. The van der Waals surface area contributed by atoms with E-state index in [2.05, 4.69) is 15.6 Å². The van der Waals surface area contributed by atoms with E-state index < -0.39 is 11.5 Å². The zero-order chi connectivity index (χ0) is 18.3. The fourth-order valence-corrected chi connectivity index (χ4v) is 2.92. The Balaban J connectivity index is 2.69. The van der Waals surface area contributed by atoms with Crippen molar-refractivity contribution in [3.8, 4) is 0 Å². The third-order valence-electron chi connectivity index (χ3n) is 3.90. The molecule has 2 amide bonds. The molecule has 0 saturated heterocycles. The second kappa shape index (κ2) is 8.77. The third kappa shape index (κ3) is 5.92. The van der Waals surface area contributed by atoms with E-state index >= 15 is 0 Å². The van der Waals surface area contributed by atoms with Crippen molar-refractivity contribution in [3.63, 3.8) is 0 Å². The van der Waals surface area contributed by atoms with Crippen molar-refractivity contribution in [2.75, 3.05) is 5.32 Å². The van der Waals surface area contributed by atoms with Gasteiger partial charge in [0, 0.05) is 16.8 Å². The lowest BCUT2D eigenvalue weighted by Crippen LogP contribution is -2.49. The number of carbonyl (C=O) groups excluding carboxylic acids is 2. The largest absolute Gasteiger partial charge is 0.481 e. The van der Waals surface area contributed by atoms with Crippen LogP contribution in [0.2, 0.25) is 0 Å². The van der Waals surface area contributed by atoms with Crippen LogP contribution in [0, 0.1) is 5.92 Å². The van der Waals surface area contributed by atoms with E-state index in [1.807, 2.05) is 13.8 Å². The molecule has 0 aliphatic carbocycles. The molecular formula is C16H25N3O4S. The second-order valence-corrected chi connectivity index (χ2v) is 6.93. The summed E-state index contributed by atoms with van der Waals surface area (Å²) < 4.78 is 0. The average molecular weight is 355 g/mol. The highest BCUT2D eigenvalue weighted by Gasteiger charge is 2.31. The standard InChI is InChI=1S/C16H25N3O4S/c1-5-16(6-2,8-13(21)22)19-12(20)7-11-9-24-15(17-11)18-14(23)10(3)4/h9-10H,5-8H2,1-4H3,(H,19,20)(H,21,22)(H,17,18,23). The van der Waals surface area contributed by atoms with Gasteiger partial charge in [0.2, 0.25) is 11.8 Å². The molecule has 1 heterocycles. The number of rotatable bonds is 9. The Labute approximate surface area is 145 Å². The number of nitrogens with one attached hydrogen (secondary N) is 2. The Hall–Kier alpha value is -1.96. The predicted octanol–water partition coefficient (Wildman–Crippen LogP) is 2.43. The van der Waals surface area contributed by atoms with E-state index in [9.17, 15) is 14.4 Å². The molecule has 7 nitrogen and oxygen atoms in total. The van der Waals surface area contributed by atoms with E-state index in [4.69, 9.17) is 5.11 Å². The van der Waals surface area contributed by atoms with Crippen molar-refractivity contribution in [1.29, 1.82) is 0 Å². The van der Waals surface area contributed by atoms with Gasteiger partial charge in [-0.25, -0.2) is 4.98 Å². The van der Waals surface area contributed by atoms with Gasteiger partial charge in [-0.2, -0.15) is 0 Å². The van der Waals surface area contributed by atoms with Crippen LogP contribution in [0.4, 0.5) is 5.13 Å². The minimum atomic E-state index is -0.939. The van der Waals surface area contributed by atoms with Crippen LogP contribution in [0.3, 0.4) is 0 Å². The van der Waals surface area contributed by atoms with Gasteiger partial charge in [-0.1, -0.05) is 27.7 Å². The van der Waals surface area contributed by atoms with Crippen LogP contribution in [-0.2, 0) is 20.8 Å². The van der Waals surface area contributed by atoms with Gasteiger partial charge in [0.05, 0.1) is 18.5 Å². The summed E-state index contributed by atoms with van der Waals surface area (Å²) in [5, 5.41) is 16.7. The number of thiazole rings is 1. The summed E-state index contributed by atoms with van der Waals surface area (Å²) in [7, 11) is 0. The molecule has 0 aromatic carbocycles. The topological polar surface area (TPSA) is 108 Å². The molecule has 8 heteroatoms. The number of carboxylic acid groups (broad SMARTS) is 1. The Morgan fingerprint density at radius 3 is 2.42 bits per heavy atom. The Morgan fingerprint density at radius 1 is 1.29 bits per heavy atom. The van der Waals surface area contributed by atoms with Crippen LogP contribution < -0.4 is 10.6 Å². The Morgan fingerprint density at radius 2 is 1.92 bits per heavy atom. The van der Waals surface area contributed by atoms with Crippen molar-refractivity contribution >= 4 is 34.3 Å². The maximum absolute atomic E-state index is 12.2. The Bertz CT molecular complexity index is 594. The molecule has 0 bridgehead atoms. The first-order valence-corrected chi connectivity index (χ1v) is 8.87. The Kier molecular flexibility index (Phi) is 7.34. The first-order chi connectivity index (χ1) is 11.2. The number of hydrogen-bond donors (Lipinski definition) is 3. The van der Waals surface area contributed by atoms with Crippen molar-refractivity contribution < 1.29 is 19.5 Å². The van der Waals surface area contributed by atoms with Gasteiger partial charge >= 0.3 is 5.97 Å². The first kappa shape index (κ1) is 20.1. The van der Waals surface area contributed by atoms with Gasteiger partial charge < -0.3 is 15.7 Å². The lowest BCUT2D eigenvalue weighted by molar-refractivity contribution is -0.139. The molecule has 0 atom stereocenters.